The number of ether oxygens (including phenoxy) is 1. The molecule has 0 aromatic carbocycles. The Morgan fingerprint density at radius 2 is 1.94 bits per heavy atom. The second-order valence-corrected chi connectivity index (χ2v) is 5.99. The zero-order valence-electron chi connectivity index (χ0n) is 10.1. The first-order valence-corrected chi connectivity index (χ1v) is 6.69. The Balaban J connectivity index is 3.99. The molecule has 0 rings (SSSR count). The zero-order chi connectivity index (χ0) is 13.3. The minimum atomic E-state index is -1.61. The number of hydrogen-bond donors (Lipinski definition) is 2. The second-order valence-electron chi connectivity index (χ2n) is 3.63. The Labute approximate surface area is 117 Å². The fraction of sp³-hybridized carbons (Fsp3) is 0.900. The molecule has 0 bridgehead atoms. The molecule has 0 heterocycles. The van der Waals surface area contributed by atoms with Gasteiger partial charge >= 0.3 is 6.09 Å². The van der Waals surface area contributed by atoms with E-state index < -0.39 is 16.1 Å². The molecule has 0 radical (unpaired) electrons. The molecule has 0 aliphatic carbocycles. The van der Waals surface area contributed by atoms with E-state index >= 15 is 0 Å². The summed E-state index contributed by atoms with van der Waals surface area (Å²) in [5.74, 6) is 0. The lowest BCUT2D eigenvalue weighted by atomic mass is 10.2. The van der Waals surface area contributed by atoms with Crippen molar-refractivity contribution in [2.45, 2.75) is 42.6 Å². The zero-order valence-corrected chi connectivity index (χ0v) is 12.3. The van der Waals surface area contributed by atoms with Crippen molar-refractivity contribution in [1.29, 1.82) is 0 Å². The van der Waals surface area contributed by atoms with E-state index in [-0.39, 0.29) is 0 Å². The van der Waals surface area contributed by atoms with Crippen molar-refractivity contribution in [1.82, 2.24) is 10.6 Å². The highest BCUT2D eigenvalue weighted by Crippen LogP contribution is 2.29. The normalized spacial score (nSPS) is 13.2. The summed E-state index contributed by atoms with van der Waals surface area (Å²) in [4.78, 5) is 11.1. The summed E-state index contributed by atoms with van der Waals surface area (Å²) in [6.45, 7) is 2.80. The van der Waals surface area contributed by atoms with Crippen molar-refractivity contribution in [3.05, 3.63) is 0 Å². The second kappa shape index (κ2) is 9.09. The maximum absolute atomic E-state index is 11.1. The molecule has 0 aromatic rings. The predicted molar refractivity (Wildman–Crippen MR) is 71.8 cm³/mol. The van der Waals surface area contributed by atoms with Crippen molar-refractivity contribution in [2.24, 2.45) is 0 Å². The Morgan fingerprint density at radius 3 is 2.41 bits per heavy atom. The van der Waals surface area contributed by atoms with Crippen molar-refractivity contribution < 1.29 is 9.53 Å². The molecule has 1 atom stereocenters. The van der Waals surface area contributed by atoms with Gasteiger partial charge in [0.05, 0.1) is 7.11 Å². The minimum Gasteiger partial charge on any atom is -0.453 e. The van der Waals surface area contributed by atoms with Crippen LogP contribution in [0.4, 0.5) is 4.79 Å². The molecule has 0 aliphatic heterocycles. The highest BCUT2D eigenvalue weighted by atomic mass is 35.6. The number of alkyl carbamates (subject to hydrolysis) is 1. The fourth-order valence-corrected chi connectivity index (χ4v) is 1.62. The summed E-state index contributed by atoms with van der Waals surface area (Å²) in [6, 6.07) is 0. The van der Waals surface area contributed by atoms with E-state index in [9.17, 15) is 4.79 Å². The first-order chi connectivity index (χ1) is 7.91. The van der Waals surface area contributed by atoms with Gasteiger partial charge in [0.25, 0.3) is 0 Å². The Hall–Kier alpha value is 0.1000. The molecule has 0 saturated heterocycles. The summed E-state index contributed by atoms with van der Waals surface area (Å²) in [7, 11) is 1.26. The van der Waals surface area contributed by atoms with Crippen LogP contribution in [0.3, 0.4) is 0 Å². The number of halogens is 3. The molecule has 1 amide bonds. The van der Waals surface area contributed by atoms with E-state index in [0.717, 1.165) is 19.3 Å². The molecule has 4 nitrogen and oxygen atoms in total. The largest absolute Gasteiger partial charge is 0.453 e. The molecule has 0 spiro atoms. The predicted octanol–water partition coefficient (Wildman–Crippen LogP) is 3.21. The average Bonchev–Trinajstić information content (AvgIpc) is 2.25. The summed E-state index contributed by atoms with van der Waals surface area (Å²) < 4.78 is 2.84. The van der Waals surface area contributed by atoms with Crippen molar-refractivity contribution >= 4 is 40.9 Å². The van der Waals surface area contributed by atoms with Gasteiger partial charge in [-0.25, -0.2) is 4.79 Å². The van der Waals surface area contributed by atoms with Gasteiger partial charge in [-0.15, -0.1) is 0 Å². The number of alkyl halides is 3. The first kappa shape index (κ1) is 17.1. The molecule has 2 N–H and O–H groups in total. The van der Waals surface area contributed by atoms with Crippen molar-refractivity contribution in [3.8, 4) is 0 Å². The van der Waals surface area contributed by atoms with Crippen LogP contribution in [0.1, 0.15) is 32.6 Å². The number of rotatable bonds is 7. The SMILES string of the molecule is CCCCCCN[C@@H](NC(=O)OC)C(Cl)(Cl)Cl. The first-order valence-electron chi connectivity index (χ1n) is 5.56. The van der Waals surface area contributed by atoms with Gasteiger partial charge < -0.3 is 10.1 Å². The third kappa shape index (κ3) is 8.77. The van der Waals surface area contributed by atoms with E-state index in [1.54, 1.807) is 0 Å². The van der Waals surface area contributed by atoms with E-state index in [1.165, 1.54) is 13.5 Å². The highest BCUT2D eigenvalue weighted by molar-refractivity contribution is 6.68. The monoisotopic (exact) mass is 304 g/mol. The third-order valence-corrected chi connectivity index (χ3v) is 2.81. The number of carbonyl (C=O) groups excluding carboxylic acids is 1. The van der Waals surface area contributed by atoms with Crippen LogP contribution < -0.4 is 10.6 Å². The van der Waals surface area contributed by atoms with Crippen molar-refractivity contribution in [2.75, 3.05) is 13.7 Å². The van der Waals surface area contributed by atoms with Gasteiger partial charge in [-0.05, 0) is 13.0 Å². The van der Waals surface area contributed by atoms with Gasteiger partial charge in [-0.1, -0.05) is 61.0 Å². The number of hydrogen-bond acceptors (Lipinski definition) is 3. The van der Waals surface area contributed by atoms with Gasteiger partial charge in [0.1, 0.15) is 6.17 Å². The molecule has 0 unspecified atom stereocenters. The van der Waals surface area contributed by atoms with Crippen LogP contribution >= 0.6 is 34.8 Å². The Morgan fingerprint density at radius 1 is 1.29 bits per heavy atom. The number of carbonyl (C=O) groups is 1. The maximum atomic E-state index is 11.1. The van der Waals surface area contributed by atoms with Gasteiger partial charge in [0.15, 0.2) is 0 Å². The number of nitrogens with one attached hydrogen (secondary N) is 2. The summed E-state index contributed by atoms with van der Waals surface area (Å²) in [5.41, 5.74) is 0. The summed E-state index contributed by atoms with van der Waals surface area (Å²) in [6.07, 6.45) is 3.00. The molecule has 0 fully saturated rings. The smallest absolute Gasteiger partial charge is 0.408 e. The quantitative estimate of drug-likeness (QED) is 0.431. The summed E-state index contributed by atoms with van der Waals surface area (Å²) in [5, 5.41) is 5.41. The van der Waals surface area contributed by atoms with E-state index in [2.05, 4.69) is 22.3 Å². The van der Waals surface area contributed by atoms with Crippen LogP contribution in [0.15, 0.2) is 0 Å². The molecular weight excluding hydrogens is 286 g/mol. The highest BCUT2D eigenvalue weighted by Gasteiger charge is 2.33. The number of amides is 1. The van der Waals surface area contributed by atoms with Crippen LogP contribution in [0.5, 0.6) is 0 Å². The molecular formula is C10H19Cl3N2O2. The number of methoxy groups -OCH3 is 1. The standard InChI is InChI=1S/C10H19Cl3N2O2/c1-3-4-5-6-7-14-8(10(11,12)13)15-9(16)17-2/h8,14H,3-7H2,1-2H3,(H,15,16)/t8-/m0/s1. The maximum Gasteiger partial charge on any atom is 0.408 e. The van der Waals surface area contributed by atoms with Crippen LogP contribution in [-0.4, -0.2) is 29.7 Å². The van der Waals surface area contributed by atoms with Crippen LogP contribution in [0, 0.1) is 0 Å². The van der Waals surface area contributed by atoms with Gasteiger partial charge in [-0.3, -0.25) is 5.32 Å². The average molecular weight is 306 g/mol. The third-order valence-electron chi connectivity index (χ3n) is 2.15. The molecule has 7 heteroatoms. The van der Waals surface area contributed by atoms with Gasteiger partial charge in [0.2, 0.25) is 3.79 Å². The van der Waals surface area contributed by atoms with E-state index in [0.29, 0.717) is 6.54 Å². The van der Waals surface area contributed by atoms with Crippen molar-refractivity contribution in [3.63, 3.8) is 0 Å². The van der Waals surface area contributed by atoms with Gasteiger partial charge in [-0.2, -0.15) is 0 Å². The molecule has 17 heavy (non-hydrogen) atoms. The number of unbranched alkanes of at least 4 members (excludes halogenated alkanes) is 3. The lowest BCUT2D eigenvalue weighted by Crippen LogP contribution is -2.53. The molecule has 0 saturated carbocycles. The van der Waals surface area contributed by atoms with E-state index in [4.69, 9.17) is 34.8 Å². The lowest BCUT2D eigenvalue weighted by Gasteiger charge is -2.25. The Bertz CT molecular complexity index is 222. The minimum absolute atomic E-state index is 0.637. The summed E-state index contributed by atoms with van der Waals surface area (Å²) >= 11 is 17.2. The molecule has 102 valence electrons. The van der Waals surface area contributed by atoms with Gasteiger partial charge in [0, 0.05) is 0 Å². The lowest BCUT2D eigenvalue weighted by molar-refractivity contribution is 0.164. The Kier molecular flexibility index (Phi) is 9.14. The van der Waals surface area contributed by atoms with Crippen LogP contribution in [-0.2, 0) is 4.74 Å². The van der Waals surface area contributed by atoms with E-state index in [1.807, 2.05) is 0 Å². The van der Waals surface area contributed by atoms with Crippen LogP contribution in [0.25, 0.3) is 0 Å². The fourth-order valence-electron chi connectivity index (χ4n) is 1.22. The molecule has 0 aromatic heterocycles. The van der Waals surface area contributed by atoms with Crippen LogP contribution in [0.2, 0.25) is 0 Å². The topological polar surface area (TPSA) is 50.4 Å². The molecule has 0 aliphatic rings.